The van der Waals surface area contributed by atoms with Crippen LogP contribution in [0.3, 0.4) is 0 Å². The van der Waals surface area contributed by atoms with E-state index >= 15 is 0 Å². The summed E-state index contributed by atoms with van der Waals surface area (Å²) < 4.78 is 5.94. The molecule has 0 radical (unpaired) electrons. The molecule has 1 heterocycles. The van der Waals surface area contributed by atoms with Gasteiger partial charge in [0.2, 0.25) is 0 Å². The van der Waals surface area contributed by atoms with Crippen molar-refractivity contribution in [3.8, 4) is 0 Å². The van der Waals surface area contributed by atoms with Crippen LogP contribution in [-0.4, -0.2) is 22.6 Å². The Morgan fingerprint density at radius 2 is 2.00 bits per heavy atom. The third kappa shape index (κ3) is 4.13. The van der Waals surface area contributed by atoms with Gasteiger partial charge in [-0.05, 0) is 23.8 Å². The number of rotatable bonds is 5. The SMILES string of the molecule is COC(=O)/C=C/c1cccn(Cc2ccc([N+](=O)[O-])cc2)c1=O. The maximum absolute atomic E-state index is 12.3. The summed E-state index contributed by atoms with van der Waals surface area (Å²) in [6, 6.07) is 9.25. The topological polar surface area (TPSA) is 91.4 Å². The van der Waals surface area contributed by atoms with Crippen molar-refractivity contribution in [3.05, 3.63) is 80.3 Å². The molecule has 0 saturated carbocycles. The maximum Gasteiger partial charge on any atom is 0.330 e. The van der Waals surface area contributed by atoms with E-state index in [9.17, 15) is 19.7 Å². The number of nitro groups is 1. The molecule has 7 nitrogen and oxygen atoms in total. The predicted molar refractivity (Wildman–Crippen MR) is 84.0 cm³/mol. The van der Waals surface area contributed by atoms with Crippen molar-refractivity contribution in [1.29, 1.82) is 0 Å². The van der Waals surface area contributed by atoms with Gasteiger partial charge >= 0.3 is 5.97 Å². The third-order valence-electron chi connectivity index (χ3n) is 3.15. The minimum Gasteiger partial charge on any atom is -0.466 e. The summed E-state index contributed by atoms with van der Waals surface area (Å²) in [7, 11) is 1.25. The van der Waals surface area contributed by atoms with Crippen LogP contribution in [0, 0.1) is 10.1 Å². The highest BCUT2D eigenvalue weighted by atomic mass is 16.6. The van der Waals surface area contributed by atoms with Gasteiger partial charge in [0.15, 0.2) is 0 Å². The first-order chi connectivity index (χ1) is 11.0. The molecule has 0 bridgehead atoms. The molecule has 2 rings (SSSR count). The van der Waals surface area contributed by atoms with Crippen LogP contribution in [0.15, 0.2) is 53.5 Å². The molecule has 0 aliphatic rings. The van der Waals surface area contributed by atoms with Gasteiger partial charge in [0, 0.05) is 30.0 Å². The number of benzene rings is 1. The Labute approximate surface area is 131 Å². The third-order valence-corrected chi connectivity index (χ3v) is 3.15. The van der Waals surface area contributed by atoms with E-state index in [1.54, 1.807) is 30.5 Å². The van der Waals surface area contributed by atoms with E-state index in [2.05, 4.69) is 4.74 Å². The number of nitro benzene ring substituents is 1. The summed E-state index contributed by atoms with van der Waals surface area (Å²) >= 11 is 0. The molecule has 1 aromatic carbocycles. The molecule has 0 aliphatic heterocycles. The molecule has 0 spiro atoms. The minimum atomic E-state index is -0.546. The smallest absolute Gasteiger partial charge is 0.330 e. The van der Waals surface area contributed by atoms with E-state index < -0.39 is 10.9 Å². The first-order valence-electron chi connectivity index (χ1n) is 6.70. The standard InChI is InChI=1S/C16H14N2O5/c1-23-15(19)9-6-13-3-2-10-17(16(13)20)11-12-4-7-14(8-5-12)18(21)22/h2-10H,11H2,1H3/b9-6+. The lowest BCUT2D eigenvalue weighted by Crippen LogP contribution is -2.21. The Balaban J connectivity index is 2.23. The van der Waals surface area contributed by atoms with Crippen LogP contribution < -0.4 is 5.56 Å². The number of carbonyl (C=O) groups is 1. The average molecular weight is 314 g/mol. The van der Waals surface area contributed by atoms with Crippen molar-refractivity contribution in [3.63, 3.8) is 0 Å². The highest BCUT2D eigenvalue weighted by molar-refractivity contribution is 5.86. The zero-order valence-corrected chi connectivity index (χ0v) is 12.3. The highest BCUT2D eigenvalue weighted by Gasteiger charge is 2.06. The summed E-state index contributed by atoms with van der Waals surface area (Å²) in [5.41, 5.74) is 0.827. The lowest BCUT2D eigenvalue weighted by atomic mass is 10.2. The zero-order chi connectivity index (χ0) is 16.8. The van der Waals surface area contributed by atoms with Gasteiger partial charge in [-0.15, -0.1) is 0 Å². The van der Waals surface area contributed by atoms with Crippen LogP contribution in [0.25, 0.3) is 6.08 Å². The number of ether oxygens (including phenoxy) is 1. The molecule has 7 heteroatoms. The molecule has 0 amide bonds. The van der Waals surface area contributed by atoms with Crippen molar-refractivity contribution in [1.82, 2.24) is 4.57 Å². The van der Waals surface area contributed by atoms with Gasteiger partial charge in [-0.2, -0.15) is 0 Å². The van der Waals surface area contributed by atoms with Crippen molar-refractivity contribution >= 4 is 17.7 Å². The van der Waals surface area contributed by atoms with Gasteiger partial charge in [-0.3, -0.25) is 14.9 Å². The number of carbonyl (C=O) groups excluding carboxylic acids is 1. The Kier molecular flexibility index (Phi) is 5.03. The number of esters is 1. The average Bonchev–Trinajstić information content (AvgIpc) is 2.55. The van der Waals surface area contributed by atoms with Gasteiger partial charge < -0.3 is 9.30 Å². The van der Waals surface area contributed by atoms with Crippen molar-refractivity contribution < 1.29 is 14.5 Å². The number of nitrogens with zero attached hydrogens (tertiary/aromatic N) is 2. The van der Waals surface area contributed by atoms with E-state index in [1.165, 1.54) is 36.0 Å². The molecule has 0 unspecified atom stereocenters. The van der Waals surface area contributed by atoms with Crippen molar-refractivity contribution in [2.75, 3.05) is 7.11 Å². The number of methoxy groups -OCH3 is 1. The summed E-state index contributed by atoms with van der Waals surface area (Å²) in [4.78, 5) is 33.5. The first kappa shape index (κ1) is 16.2. The first-order valence-corrected chi connectivity index (χ1v) is 6.70. The Bertz CT molecular complexity index is 806. The normalized spacial score (nSPS) is 10.7. The molecular formula is C16H14N2O5. The Hall–Kier alpha value is -3.22. The summed E-state index contributed by atoms with van der Waals surface area (Å²) in [5.74, 6) is -0.546. The number of non-ortho nitro benzene ring substituents is 1. The quantitative estimate of drug-likeness (QED) is 0.364. The van der Waals surface area contributed by atoms with Gasteiger partial charge in [0.05, 0.1) is 18.6 Å². The summed E-state index contributed by atoms with van der Waals surface area (Å²) in [6.45, 7) is 0.275. The van der Waals surface area contributed by atoms with E-state index in [1.807, 2.05) is 0 Å². The molecule has 0 saturated heterocycles. The van der Waals surface area contributed by atoms with Gasteiger partial charge in [0.25, 0.3) is 11.2 Å². The summed E-state index contributed by atoms with van der Waals surface area (Å²) in [6.07, 6.45) is 4.17. The molecule has 0 atom stereocenters. The monoisotopic (exact) mass is 314 g/mol. The number of pyridine rings is 1. The fourth-order valence-corrected chi connectivity index (χ4v) is 1.95. The van der Waals surface area contributed by atoms with E-state index in [0.29, 0.717) is 5.56 Å². The Morgan fingerprint density at radius 3 is 2.61 bits per heavy atom. The Morgan fingerprint density at radius 1 is 1.30 bits per heavy atom. The lowest BCUT2D eigenvalue weighted by molar-refractivity contribution is -0.384. The molecule has 2 aromatic rings. The van der Waals surface area contributed by atoms with E-state index in [0.717, 1.165) is 5.56 Å². The second-order valence-corrected chi connectivity index (χ2v) is 4.68. The largest absolute Gasteiger partial charge is 0.466 e. The molecular weight excluding hydrogens is 300 g/mol. The van der Waals surface area contributed by atoms with Crippen LogP contribution in [0.5, 0.6) is 0 Å². The molecule has 0 aliphatic carbocycles. The second-order valence-electron chi connectivity index (χ2n) is 4.68. The molecule has 0 N–H and O–H groups in total. The molecule has 118 valence electrons. The van der Waals surface area contributed by atoms with Crippen LogP contribution >= 0.6 is 0 Å². The molecule has 1 aromatic heterocycles. The van der Waals surface area contributed by atoms with Crippen molar-refractivity contribution in [2.24, 2.45) is 0 Å². The van der Waals surface area contributed by atoms with E-state index in [-0.39, 0.29) is 17.8 Å². The van der Waals surface area contributed by atoms with Crippen LogP contribution in [-0.2, 0) is 16.1 Å². The second kappa shape index (κ2) is 7.17. The van der Waals surface area contributed by atoms with Gasteiger partial charge in [-0.1, -0.05) is 12.1 Å². The van der Waals surface area contributed by atoms with Gasteiger partial charge in [0.1, 0.15) is 0 Å². The zero-order valence-electron chi connectivity index (χ0n) is 12.3. The molecule has 23 heavy (non-hydrogen) atoms. The fraction of sp³-hybridized carbons (Fsp3) is 0.125. The number of aromatic nitrogens is 1. The van der Waals surface area contributed by atoms with Gasteiger partial charge in [-0.25, -0.2) is 4.79 Å². The van der Waals surface area contributed by atoms with Crippen LogP contribution in [0.1, 0.15) is 11.1 Å². The van der Waals surface area contributed by atoms with Crippen LogP contribution in [0.2, 0.25) is 0 Å². The van der Waals surface area contributed by atoms with E-state index in [4.69, 9.17) is 0 Å². The number of hydrogen-bond acceptors (Lipinski definition) is 5. The lowest BCUT2D eigenvalue weighted by Gasteiger charge is -2.06. The summed E-state index contributed by atoms with van der Waals surface area (Å²) in [5, 5.41) is 10.6. The predicted octanol–water partition coefficient (Wildman–Crippen LogP) is 1.99. The highest BCUT2D eigenvalue weighted by Crippen LogP contribution is 2.12. The van der Waals surface area contributed by atoms with Crippen LogP contribution in [0.4, 0.5) is 5.69 Å². The number of hydrogen-bond donors (Lipinski definition) is 0. The molecule has 0 fully saturated rings. The maximum atomic E-state index is 12.3. The minimum absolute atomic E-state index is 0.00383. The van der Waals surface area contributed by atoms with Crippen molar-refractivity contribution in [2.45, 2.75) is 6.54 Å². The fourth-order valence-electron chi connectivity index (χ4n) is 1.95.